The Bertz CT molecular complexity index is 809. The number of amides is 1. The molecular formula is C18H19N5O. The number of carbonyl (C=O) groups is 1. The highest BCUT2D eigenvalue weighted by atomic mass is 16.2. The lowest BCUT2D eigenvalue weighted by Crippen LogP contribution is -2.41. The van der Waals surface area contributed by atoms with Gasteiger partial charge in [0.05, 0.1) is 11.7 Å². The van der Waals surface area contributed by atoms with Crippen LogP contribution in [0.15, 0.2) is 61.1 Å². The summed E-state index contributed by atoms with van der Waals surface area (Å²) in [7, 11) is 0. The molecule has 1 fully saturated rings. The van der Waals surface area contributed by atoms with E-state index in [-0.39, 0.29) is 11.9 Å². The summed E-state index contributed by atoms with van der Waals surface area (Å²) < 4.78 is 3.68. The Morgan fingerprint density at radius 3 is 2.75 bits per heavy atom. The third kappa shape index (κ3) is 2.82. The maximum Gasteiger partial charge on any atom is 0.274 e. The number of aromatic nitrogens is 4. The fraction of sp³-hybridized carbons (Fsp3) is 0.278. The number of hydrogen-bond donors (Lipinski definition) is 0. The molecular weight excluding hydrogens is 302 g/mol. The first-order valence-electron chi connectivity index (χ1n) is 8.21. The van der Waals surface area contributed by atoms with E-state index in [9.17, 15) is 4.79 Å². The number of benzene rings is 1. The lowest BCUT2D eigenvalue weighted by molar-refractivity contribution is 0.0666. The average molecular weight is 321 g/mol. The molecule has 0 aliphatic carbocycles. The van der Waals surface area contributed by atoms with E-state index in [1.807, 2.05) is 58.4 Å². The van der Waals surface area contributed by atoms with E-state index in [1.165, 1.54) is 0 Å². The molecule has 122 valence electrons. The first-order chi connectivity index (χ1) is 11.8. The van der Waals surface area contributed by atoms with Crippen molar-refractivity contribution in [1.29, 1.82) is 0 Å². The summed E-state index contributed by atoms with van der Waals surface area (Å²) in [5.74, 6) is -0.0125. The number of para-hydroxylation sites is 1. The molecule has 1 aromatic carbocycles. The lowest BCUT2D eigenvalue weighted by atomic mass is 10.1. The quantitative estimate of drug-likeness (QED) is 0.745. The van der Waals surface area contributed by atoms with Crippen molar-refractivity contribution in [2.24, 2.45) is 0 Å². The van der Waals surface area contributed by atoms with Crippen LogP contribution < -0.4 is 0 Å². The zero-order valence-corrected chi connectivity index (χ0v) is 13.3. The molecule has 1 amide bonds. The van der Waals surface area contributed by atoms with E-state index in [2.05, 4.69) is 10.2 Å². The Hall–Kier alpha value is -2.89. The summed E-state index contributed by atoms with van der Waals surface area (Å²) >= 11 is 0. The minimum Gasteiger partial charge on any atom is -0.335 e. The first-order valence-corrected chi connectivity index (χ1v) is 8.21. The number of rotatable bonds is 3. The van der Waals surface area contributed by atoms with E-state index in [4.69, 9.17) is 0 Å². The van der Waals surface area contributed by atoms with Crippen LogP contribution >= 0.6 is 0 Å². The Kier molecular flexibility index (Phi) is 3.86. The molecule has 1 saturated heterocycles. The van der Waals surface area contributed by atoms with Gasteiger partial charge in [0.15, 0.2) is 5.69 Å². The standard InChI is InChI=1S/C18H19N5O/c24-18(17-9-13-23(20-17)15-6-2-1-3-7-15)21-11-4-8-16(14-21)22-12-5-10-19-22/h1-3,5-7,9-10,12-13,16H,4,8,11,14H2/t16-/m1/s1. The monoisotopic (exact) mass is 321 g/mol. The topological polar surface area (TPSA) is 56.0 Å². The normalized spacial score (nSPS) is 17.8. The van der Waals surface area contributed by atoms with Crippen LogP contribution in [0.3, 0.4) is 0 Å². The zero-order chi connectivity index (χ0) is 16.4. The van der Waals surface area contributed by atoms with E-state index in [1.54, 1.807) is 16.9 Å². The Morgan fingerprint density at radius 2 is 1.96 bits per heavy atom. The molecule has 0 saturated carbocycles. The third-order valence-electron chi connectivity index (χ3n) is 4.41. The van der Waals surface area contributed by atoms with E-state index < -0.39 is 0 Å². The van der Waals surface area contributed by atoms with Gasteiger partial charge in [0.25, 0.3) is 5.91 Å². The van der Waals surface area contributed by atoms with Crippen molar-refractivity contribution in [1.82, 2.24) is 24.5 Å². The smallest absolute Gasteiger partial charge is 0.274 e. The van der Waals surface area contributed by atoms with Crippen molar-refractivity contribution in [3.63, 3.8) is 0 Å². The lowest BCUT2D eigenvalue weighted by Gasteiger charge is -2.32. The van der Waals surface area contributed by atoms with Crippen LogP contribution in [-0.2, 0) is 0 Å². The number of piperidine rings is 1. The number of likely N-dealkylation sites (tertiary alicyclic amines) is 1. The molecule has 1 atom stereocenters. The van der Waals surface area contributed by atoms with Crippen molar-refractivity contribution in [3.8, 4) is 5.69 Å². The third-order valence-corrected chi connectivity index (χ3v) is 4.41. The largest absolute Gasteiger partial charge is 0.335 e. The summed E-state index contributed by atoms with van der Waals surface area (Å²) in [4.78, 5) is 14.7. The molecule has 1 aliphatic rings. The van der Waals surface area contributed by atoms with Gasteiger partial charge >= 0.3 is 0 Å². The number of carbonyl (C=O) groups excluding carboxylic acids is 1. The second-order valence-electron chi connectivity index (χ2n) is 6.01. The Labute approximate surface area is 140 Å². The Morgan fingerprint density at radius 1 is 1.08 bits per heavy atom. The SMILES string of the molecule is O=C(c1ccn(-c2ccccc2)n1)N1CCC[C@@H](n2cccn2)C1. The van der Waals surface area contributed by atoms with Gasteiger partial charge in [-0.2, -0.15) is 10.2 Å². The van der Waals surface area contributed by atoms with Crippen molar-refractivity contribution < 1.29 is 4.79 Å². The zero-order valence-electron chi connectivity index (χ0n) is 13.3. The molecule has 6 nitrogen and oxygen atoms in total. The molecule has 6 heteroatoms. The highest BCUT2D eigenvalue weighted by Crippen LogP contribution is 2.22. The fourth-order valence-electron chi connectivity index (χ4n) is 3.18. The van der Waals surface area contributed by atoms with Crippen LogP contribution in [-0.4, -0.2) is 43.5 Å². The van der Waals surface area contributed by atoms with Crippen LogP contribution in [0.2, 0.25) is 0 Å². The molecule has 4 rings (SSSR count). The van der Waals surface area contributed by atoms with Crippen LogP contribution in [0.5, 0.6) is 0 Å². The molecule has 0 unspecified atom stereocenters. The first kappa shape index (κ1) is 14.7. The maximum absolute atomic E-state index is 12.8. The van der Waals surface area contributed by atoms with Gasteiger partial charge in [-0.05, 0) is 37.1 Å². The van der Waals surface area contributed by atoms with Crippen molar-refractivity contribution in [2.75, 3.05) is 13.1 Å². The van der Waals surface area contributed by atoms with Gasteiger partial charge in [-0.3, -0.25) is 9.48 Å². The molecule has 2 aromatic heterocycles. The highest BCUT2D eigenvalue weighted by Gasteiger charge is 2.26. The summed E-state index contributed by atoms with van der Waals surface area (Å²) in [6.45, 7) is 1.45. The highest BCUT2D eigenvalue weighted by molar-refractivity contribution is 5.92. The van der Waals surface area contributed by atoms with E-state index in [0.29, 0.717) is 12.2 Å². The molecule has 0 radical (unpaired) electrons. The second-order valence-corrected chi connectivity index (χ2v) is 6.01. The van der Waals surface area contributed by atoms with Crippen molar-refractivity contribution in [2.45, 2.75) is 18.9 Å². The van der Waals surface area contributed by atoms with Crippen LogP contribution in [0.4, 0.5) is 0 Å². The van der Waals surface area contributed by atoms with Gasteiger partial charge < -0.3 is 4.90 Å². The molecule has 0 bridgehead atoms. The fourth-order valence-corrected chi connectivity index (χ4v) is 3.18. The van der Waals surface area contributed by atoms with Crippen LogP contribution in [0.25, 0.3) is 5.69 Å². The molecule has 24 heavy (non-hydrogen) atoms. The molecule has 0 spiro atoms. The molecule has 1 aliphatic heterocycles. The average Bonchev–Trinajstić information content (AvgIpc) is 3.34. The predicted molar refractivity (Wildman–Crippen MR) is 90.0 cm³/mol. The van der Waals surface area contributed by atoms with Gasteiger partial charge in [0.2, 0.25) is 0 Å². The summed E-state index contributed by atoms with van der Waals surface area (Å²) in [6.07, 6.45) is 7.60. The predicted octanol–water partition coefficient (Wildman–Crippen LogP) is 2.55. The van der Waals surface area contributed by atoms with Gasteiger partial charge in [0.1, 0.15) is 0 Å². The van der Waals surface area contributed by atoms with Crippen LogP contribution in [0, 0.1) is 0 Å². The summed E-state index contributed by atoms with van der Waals surface area (Å²) in [6, 6.07) is 13.8. The minimum atomic E-state index is -0.0125. The number of nitrogens with zero attached hydrogens (tertiary/aromatic N) is 5. The van der Waals surface area contributed by atoms with Crippen molar-refractivity contribution >= 4 is 5.91 Å². The van der Waals surface area contributed by atoms with E-state index >= 15 is 0 Å². The summed E-state index contributed by atoms with van der Waals surface area (Å²) in [5.41, 5.74) is 1.43. The summed E-state index contributed by atoms with van der Waals surface area (Å²) in [5, 5.41) is 8.76. The number of hydrogen-bond acceptors (Lipinski definition) is 3. The van der Waals surface area contributed by atoms with Crippen LogP contribution in [0.1, 0.15) is 29.4 Å². The Balaban J connectivity index is 1.50. The minimum absolute atomic E-state index is 0.0125. The van der Waals surface area contributed by atoms with E-state index in [0.717, 1.165) is 25.1 Å². The van der Waals surface area contributed by atoms with Crippen molar-refractivity contribution in [3.05, 3.63) is 66.7 Å². The molecule has 0 N–H and O–H groups in total. The van der Waals surface area contributed by atoms with Gasteiger partial charge in [-0.1, -0.05) is 18.2 Å². The van der Waals surface area contributed by atoms with Gasteiger partial charge in [0, 0.05) is 31.7 Å². The molecule has 3 aromatic rings. The second kappa shape index (κ2) is 6.31. The van der Waals surface area contributed by atoms with Gasteiger partial charge in [-0.15, -0.1) is 0 Å². The molecule has 3 heterocycles. The van der Waals surface area contributed by atoms with Gasteiger partial charge in [-0.25, -0.2) is 4.68 Å². The maximum atomic E-state index is 12.8.